The summed E-state index contributed by atoms with van der Waals surface area (Å²) in [4.78, 5) is 30.3. The SMILES string of the molecule is C=C(O)C(C(C)C)N(C)C(=O)N1CCCN(C(=O)C2CN2P)CC1. The molecular weight excluding hydrogens is 327 g/mol. The summed E-state index contributed by atoms with van der Waals surface area (Å²) in [6.45, 7) is 10.7. The van der Waals surface area contributed by atoms with Crippen molar-refractivity contribution in [3.63, 3.8) is 0 Å². The van der Waals surface area contributed by atoms with Gasteiger partial charge in [-0.25, -0.2) is 4.79 Å². The van der Waals surface area contributed by atoms with E-state index in [0.29, 0.717) is 26.2 Å². The smallest absolute Gasteiger partial charge is 0.320 e. The Hall–Kier alpha value is -1.33. The summed E-state index contributed by atoms with van der Waals surface area (Å²) in [5, 5.41) is 9.80. The maximum Gasteiger partial charge on any atom is 0.320 e. The highest BCUT2D eigenvalue weighted by Gasteiger charge is 2.40. The van der Waals surface area contributed by atoms with Gasteiger partial charge in [-0.15, -0.1) is 0 Å². The Labute approximate surface area is 146 Å². The van der Waals surface area contributed by atoms with Gasteiger partial charge in [0.15, 0.2) is 0 Å². The van der Waals surface area contributed by atoms with Gasteiger partial charge in [0.25, 0.3) is 0 Å². The highest BCUT2D eigenvalue weighted by molar-refractivity contribution is 7.14. The molecule has 24 heavy (non-hydrogen) atoms. The molecule has 4 unspecified atom stereocenters. The second kappa shape index (κ2) is 7.70. The second-order valence-electron chi connectivity index (χ2n) is 6.95. The first-order valence-corrected chi connectivity index (χ1v) is 8.95. The summed E-state index contributed by atoms with van der Waals surface area (Å²) < 4.78 is 1.93. The summed E-state index contributed by atoms with van der Waals surface area (Å²) >= 11 is 0. The van der Waals surface area contributed by atoms with E-state index in [2.05, 4.69) is 16.0 Å². The van der Waals surface area contributed by atoms with Crippen LogP contribution < -0.4 is 0 Å². The minimum atomic E-state index is -0.407. The van der Waals surface area contributed by atoms with Gasteiger partial charge in [-0.2, -0.15) is 0 Å². The molecule has 0 bridgehead atoms. The third-order valence-electron chi connectivity index (χ3n) is 4.71. The van der Waals surface area contributed by atoms with Gasteiger partial charge in [0.1, 0.15) is 11.8 Å². The molecule has 0 spiro atoms. The average molecular weight is 356 g/mol. The van der Waals surface area contributed by atoms with E-state index >= 15 is 0 Å². The number of likely N-dealkylation sites (N-methyl/N-ethyl adjacent to an activating group) is 1. The summed E-state index contributed by atoms with van der Waals surface area (Å²) in [6, 6.07) is -0.545. The Kier molecular flexibility index (Phi) is 6.10. The van der Waals surface area contributed by atoms with E-state index in [1.807, 2.05) is 23.4 Å². The summed E-state index contributed by atoms with van der Waals surface area (Å²) in [7, 11) is 4.25. The molecule has 3 amide bonds. The van der Waals surface area contributed by atoms with Gasteiger partial charge in [-0.1, -0.05) is 29.8 Å². The first-order chi connectivity index (χ1) is 11.2. The van der Waals surface area contributed by atoms with Crippen LogP contribution >= 0.6 is 9.39 Å². The lowest BCUT2D eigenvalue weighted by Gasteiger charge is -2.34. The number of aliphatic hydroxyl groups excluding tert-OH is 1. The maximum atomic E-state index is 12.8. The van der Waals surface area contributed by atoms with E-state index in [9.17, 15) is 14.7 Å². The van der Waals surface area contributed by atoms with E-state index in [1.165, 1.54) is 0 Å². The van der Waals surface area contributed by atoms with Crippen molar-refractivity contribution in [3.8, 4) is 0 Å². The molecule has 0 radical (unpaired) electrons. The minimum absolute atomic E-state index is 0.00162. The third-order valence-corrected chi connectivity index (χ3v) is 5.28. The molecule has 0 aliphatic carbocycles. The summed E-state index contributed by atoms with van der Waals surface area (Å²) in [5.74, 6) is 0.225. The van der Waals surface area contributed by atoms with Crippen LogP contribution in [-0.4, -0.2) is 88.3 Å². The molecule has 8 heteroatoms. The maximum absolute atomic E-state index is 12.8. The number of carbonyl (C=O) groups is 2. The van der Waals surface area contributed by atoms with E-state index in [-0.39, 0.29) is 29.7 Å². The largest absolute Gasteiger partial charge is 0.511 e. The fourth-order valence-electron chi connectivity index (χ4n) is 3.31. The van der Waals surface area contributed by atoms with E-state index in [4.69, 9.17) is 0 Å². The van der Waals surface area contributed by atoms with Crippen molar-refractivity contribution >= 4 is 21.3 Å². The van der Waals surface area contributed by atoms with E-state index in [0.717, 1.165) is 13.0 Å². The predicted molar refractivity (Wildman–Crippen MR) is 96.5 cm³/mol. The topological polar surface area (TPSA) is 67.1 Å². The third kappa shape index (κ3) is 4.19. The number of aliphatic hydroxyl groups is 1. The Morgan fingerprint density at radius 2 is 1.75 bits per heavy atom. The second-order valence-corrected chi connectivity index (χ2v) is 7.62. The number of rotatable bonds is 4. The number of nitrogens with zero attached hydrogens (tertiary/aromatic N) is 4. The van der Waals surface area contributed by atoms with Crippen molar-refractivity contribution in [2.24, 2.45) is 5.92 Å². The Balaban J connectivity index is 1.96. The quantitative estimate of drug-likeness (QED) is 0.466. The number of urea groups is 1. The molecule has 0 aromatic heterocycles. The summed E-state index contributed by atoms with van der Waals surface area (Å²) in [6.07, 6.45) is 0.765. The van der Waals surface area contributed by atoms with Gasteiger partial charge < -0.3 is 19.8 Å². The Morgan fingerprint density at radius 3 is 2.25 bits per heavy atom. The molecule has 4 atom stereocenters. The molecule has 0 saturated carbocycles. The van der Waals surface area contributed by atoms with Gasteiger partial charge >= 0.3 is 6.03 Å². The first kappa shape index (κ1) is 19.0. The molecule has 136 valence electrons. The van der Waals surface area contributed by atoms with Gasteiger partial charge in [0.2, 0.25) is 5.91 Å². The standard InChI is InChI=1S/C16H29N4O3P/c1-11(2)14(12(3)21)17(4)16(23)19-7-5-6-18(8-9-19)15(22)13-10-20(13)24/h11,13-14,21H,3,5-10,24H2,1-2,4H3. The fourth-order valence-corrected chi connectivity index (χ4v) is 3.64. The summed E-state index contributed by atoms with van der Waals surface area (Å²) in [5.41, 5.74) is 0. The zero-order valence-electron chi connectivity index (χ0n) is 14.8. The molecule has 2 fully saturated rings. The lowest BCUT2D eigenvalue weighted by molar-refractivity contribution is -0.130. The molecule has 2 saturated heterocycles. The van der Waals surface area contributed by atoms with Crippen LogP contribution in [0.2, 0.25) is 0 Å². The van der Waals surface area contributed by atoms with Gasteiger partial charge in [-0.05, 0) is 12.3 Å². The first-order valence-electron chi connectivity index (χ1n) is 8.43. The van der Waals surface area contributed by atoms with Crippen LogP contribution in [0.25, 0.3) is 0 Å². The lowest BCUT2D eigenvalue weighted by Crippen LogP contribution is -2.49. The van der Waals surface area contributed by atoms with Gasteiger partial charge in [-0.3, -0.25) is 9.46 Å². The molecule has 2 aliphatic heterocycles. The van der Waals surface area contributed by atoms with E-state index < -0.39 is 6.04 Å². The molecule has 2 heterocycles. The van der Waals surface area contributed by atoms with Crippen molar-refractivity contribution in [1.82, 2.24) is 19.4 Å². The zero-order chi connectivity index (χ0) is 18.0. The molecule has 2 aliphatic rings. The van der Waals surface area contributed by atoms with Crippen LogP contribution in [0.3, 0.4) is 0 Å². The average Bonchev–Trinajstić information content (AvgIpc) is 3.26. The molecule has 2 rings (SSSR count). The number of hydrogen-bond acceptors (Lipinski definition) is 4. The monoisotopic (exact) mass is 356 g/mol. The Bertz CT molecular complexity index is 514. The number of hydrogen-bond donors (Lipinski definition) is 1. The fraction of sp³-hybridized carbons (Fsp3) is 0.750. The van der Waals surface area contributed by atoms with Crippen molar-refractivity contribution in [3.05, 3.63) is 12.3 Å². The van der Waals surface area contributed by atoms with Crippen LogP contribution in [0.1, 0.15) is 20.3 Å². The number of amides is 3. The van der Waals surface area contributed by atoms with Gasteiger partial charge in [0.05, 0.1) is 6.04 Å². The minimum Gasteiger partial charge on any atom is -0.511 e. The van der Waals surface area contributed by atoms with Crippen molar-refractivity contribution in [2.45, 2.75) is 32.4 Å². The van der Waals surface area contributed by atoms with Crippen LogP contribution in [-0.2, 0) is 4.79 Å². The van der Waals surface area contributed by atoms with Crippen molar-refractivity contribution < 1.29 is 14.7 Å². The molecule has 7 nitrogen and oxygen atoms in total. The zero-order valence-corrected chi connectivity index (χ0v) is 16.0. The van der Waals surface area contributed by atoms with Gasteiger partial charge in [0, 0.05) is 39.8 Å². The predicted octanol–water partition coefficient (Wildman–Crippen LogP) is 1.14. The van der Waals surface area contributed by atoms with Crippen molar-refractivity contribution in [1.29, 1.82) is 0 Å². The van der Waals surface area contributed by atoms with Crippen LogP contribution in [0.5, 0.6) is 0 Å². The Morgan fingerprint density at radius 1 is 1.21 bits per heavy atom. The number of carbonyl (C=O) groups excluding carboxylic acids is 2. The van der Waals surface area contributed by atoms with Crippen LogP contribution in [0.15, 0.2) is 12.3 Å². The highest BCUT2D eigenvalue weighted by atomic mass is 31.0. The normalized spacial score (nSPS) is 25.2. The molecular formula is C16H29N4O3P. The van der Waals surface area contributed by atoms with E-state index in [1.54, 1.807) is 16.8 Å². The van der Waals surface area contributed by atoms with Crippen molar-refractivity contribution in [2.75, 3.05) is 39.8 Å². The molecule has 0 aromatic rings. The highest BCUT2D eigenvalue weighted by Crippen LogP contribution is 2.25. The van der Waals surface area contributed by atoms with Crippen LogP contribution in [0, 0.1) is 5.92 Å². The molecule has 0 aromatic carbocycles. The molecule has 1 N–H and O–H groups in total. The van der Waals surface area contributed by atoms with Crippen LogP contribution in [0.4, 0.5) is 4.79 Å². The lowest BCUT2D eigenvalue weighted by atomic mass is 10.0.